The molecule has 0 fully saturated rings. The number of nitrogens with one attached hydrogen (secondary N) is 3. The van der Waals surface area contributed by atoms with Crippen LogP contribution in [0, 0.1) is 0 Å². The van der Waals surface area contributed by atoms with Gasteiger partial charge in [-0.1, -0.05) is 42.5 Å². The molecule has 0 aliphatic heterocycles. The second kappa shape index (κ2) is 17.2. The minimum Gasteiger partial charge on any atom is -0.508 e. The number of aromatic hydroxyl groups is 1. The molecule has 13 heteroatoms. The zero-order valence-electron chi connectivity index (χ0n) is 24.1. The molecule has 42 heavy (non-hydrogen) atoms. The van der Waals surface area contributed by atoms with E-state index in [1.165, 1.54) is 37.3 Å². The van der Waals surface area contributed by atoms with Crippen molar-refractivity contribution in [3.63, 3.8) is 0 Å². The first kappa shape index (κ1) is 34.4. The van der Waals surface area contributed by atoms with Crippen LogP contribution in [0.2, 0.25) is 0 Å². The largest absolute Gasteiger partial charge is 0.508 e. The summed E-state index contributed by atoms with van der Waals surface area (Å²) in [6, 6.07) is 11.8. The van der Waals surface area contributed by atoms with Crippen molar-refractivity contribution >= 4 is 34.4 Å². The molecule has 0 bridgehead atoms. The molecule has 0 aromatic heterocycles. The number of phenols is 1. The fourth-order valence-electron chi connectivity index (χ4n) is 4.04. The van der Waals surface area contributed by atoms with Crippen molar-refractivity contribution in [2.75, 3.05) is 32.2 Å². The van der Waals surface area contributed by atoms with Crippen LogP contribution < -0.4 is 21.7 Å². The van der Waals surface area contributed by atoms with Gasteiger partial charge < -0.3 is 36.8 Å². The number of nitrogens with zero attached hydrogens (tertiary/aromatic N) is 1. The minimum atomic E-state index is -1.10. The number of hydrogen-bond acceptors (Lipinski definition) is 8. The predicted molar refractivity (Wildman–Crippen MR) is 160 cm³/mol. The van der Waals surface area contributed by atoms with Crippen molar-refractivity contribution in [2.45, 2.75) is 50.4 Å². The van der Waals surface area contributed by atoms with Crippen molar-refractivity contribution in [2.24, 2.45) is 5.73 Å². The first-order valence-electron chi connectivity index (χ1n) is 13.5. The maximum absolute atomic E-state index is 13.2. The SMILES string of the molecule is C[C@H](NC(=O)[C@H](N)Cc1ccc(O)cc1)C(=O)NCC(=O)N(C)[C@H](Cc1ccccc1)C(=O)N[C@@H](CO)CC[S@](C)=O. The summed E-state index contributed by atoms with van der Waals surface area (Å²) in [7, 11) is 0.351. The van der Waals surface area contributed by atoms with Gasteiger partial charge in [0.25, 0.3) is 0 Å². The minimum absolute atomic E-state index is 0.0920. The summed E-state index contributed by atoms with van der Waals surface area (Å²) in [4.78, 5) is 52.6. The van der Waals surface area contributed by atoms with Gasteiger partial charge in [-0.3, -0.25) is 23.4 Å². The molecule has 12 nitrogen and oxygen atoms in total. The number of phenolic OH excluding ortho intramolecular Hbond substituents is 1. The van der Waals surface area contributed by atoms with Crippen molar-refractivity contribution in [3.05, 3.63) is 65.7 Å². The van der Waals surface area contributed by atoms with Crippen LogP contribution in [0.5, 0.6) is 5.75 Å². The summed E-state index contributed by atoms with van der Waals surface area (Å²) in [5.41, 5.74) is 7.50. The molecule has 4 amide bonds. The Bertz CT molecular complexity index is 1210. The standard InChI is InChI=1S/C29H41N5O7S/c1-19(32-28(39)24(30)15-21-9-11-23(36)12-10-21)27(38)31-17-26(37)34(2)25(16-20-7-5-4-6-8-20)29(40)33-22(18-35)13-14-42(3)41/h4-12,19,22,24-25,35-36H,13-18,30H2,1-3H3,(H,31,38)(H,32,39)(H,33,40)/t19-,22+,24+,25+,42-/m0/s1. The lowest BCUT2D eigenvalue weighted by Crippen LogP contribution is -2.55. The third kappa shape index (κ3) is 11.6. The van der Waals surface area contributed by atoms with Gasteiger partial charge in [0.05, 0.1) is 25.2 Å². The zero-order valence-corrected chi connectivity index (χ0v) is 24.9. The maximum Gasteiger partial charge on any atom is 0.243 e. The van der Waals surface area contributed by atoms with Gasteiger partial charge in [0.15, 0.2) is 0 Å². The predicted octanol–water partition coefficient (Wildman–Crippen LogP) is -0.802. The molecule has 0 spiro atoms. The molecule has 0 saturated carbocycles. The summed E-state index contributed by atoms with van der Waals surface area (Å²) in [5, 5.41) is 26.8. The van der Waals surface area contributed by atoms with E-state index in [0.29, 0.717) is 12.2 Å². The van der Waals surface area contributed by atoms with Crippen molar-refractivity contribution < 1.29 is 33.6 Å². The third-order valence-electron chi connectivity index (χ3n) is 6.65. The molecule has 0 aliphatic rings. The number of rotatable bonds is 16. The van der Waals surface area contributed by atoms with E-state index in [9.17, 15) is 33.6 Å². The fraction of sp³-hybridized carbons (Fsp3) is 0.448. The molecule has 2 aromatic rings. The smallest absolute Gasteiger partial charge is 0.243 e. The van der Waals surface area contributed by atoms with Gasteiger partial charge in [0.2, 0.25) is 23.6 Å². The van der Waals surface area contributed by atoms with Crippen LogP contribution in [0.4, 0.5) is 0 Å². The van der Waals surface area contributed by atoms with Crippen molar-refractivity contribution in [1.29, 1.82) is 0 Å². The molecule has 0 unspecified atom stereocenters. The first-order valence-corrected chi connectivity index (χ1v) is 15.3. The van der Waals surface area contributed by atoms with Gasteiger partial charge in [0.1, 0.15) is 17.8 Å². The van der Waals surface area contributed by atoms with Crippen molar-refractivity contribution in [3.8, 4) is 5.75 Å². The quantitative estimate of drug-likeness (QED) is 0.144. The van der Waals surface area contributed by atoms with Gasteiger partial charge in [-0.05, 0) is 43.0 Å². The Morgan fingerprint density at radius 3 is 2.14 bits per heavy atom. The Labute approximate surface area is 248 Å². The normalized spacial score (nSPS) is 14.5. The molecule has 0 saturated heterocycles. The maximum atomic E-state index is 13.2. The molecule has 0 aliphatic carbocycles. The number of aliphatic hydroxyl groups excluding tert-OH is 1. The molecule has 2 rings (SSSR count). The fourth-order valence-corrected chi connectivity index (χ4v) is 4.65. The molecule has 0 heterocycles. The molecule has 2 aromatic carbocycles. The van der Waals surface area contributed by atoms with Gasteiger partial charge in [-0.25, -0.2) is 0 Å². The summed E-state index contributed by atoms with van der Waals surface area (Å²) in [6.45, 7) is 0.682. The Hall–Kier alpha value is -3.81. The molecular weight excluding hydrogens is 562 g/mol. The number of hydrogen-bond donors (Lipinski definition) is 6. The number of aliphatic hydroxyl groups is 1. The summed E-state index contributed by atoms with van der Waals surface area (Å²) in [5.74, 6) is -1.82. The zero-order chi connectivity index (χ0) is 31.2. The van der Waals surface area contributed by atoms with Crippen LogP contribution in [0.15, 0.2) is 54.6 Å². The summed E-state index contributed by atoms with van der Waals surface area (Å²) in [6.07, 6.45) is 2.22. The van der Waals surface area contributed by atoms with Crippen LogP contribution in [0.3, 0.4) is 0 Å². The number of amides is 4. The van der Waals surface area contributed by atoms with E-state index >= 15 is 0 Å². The number of likely N-dealkylation sites (N-methyl/N-ethyl adjacent to an activating group) is 1. The highest BCUT2D eigenvalue weighted by Crippen LogP contribution is 2.12. The van der Waals surface area contributed by atoms with Crippen LogP contribution >= 0.6 is 0 Å². The van der Waals surface area contributed by atoms with Gasteiger partial charge >= 0.3 is 0 Å². The Morgan fingerprint density at radius 2 is 1.55 bits per heavy atom. The number of benzene rings is 2. The van der Waals surface area contributed by atoms with Gasteiger partial charge in [-0.2, -0.15) is 0 Å². The van der Waals surface area contributed by atoms with Crippen LogP contribution in [0.25, 0.3) is 0 Å². The molecule has 5 atom stereocenters. The van der Waals surface area contributed by atoms with E-state index < -0.39 is 65.1 Å². The number of nitrogens with two attached hydrogens (primary N) is 1. The topological polar surface area (TPSA) is 191 Å². The average Bonchev–Trinajstić information content (AvgIpc) is 2.97. The lowest BCUT2D eigenvalue weighted by atomic mass is 10.0. The second-order valence-electron chi connectivity index (χ2n) is 10.1. The van der Waals surface area contributed by atoms with E-state index in [1.54, 1.807) is 12.1 Å². The number of carbonyl (C=O) groups excluding carboxylic acids is 4. The highest BCUT2D eigenvalue weighted by Gasteiger charge is 2.29. The van der Waals surface area contributed by atoms with E-state index in [4.69, 9.17) is 5.73 Å². The van der Waals surface area contributed by atoms with Gasteiger partial charge in [0, 0.05) is 36.3 Å². The molecular formula is C29H41N5O7S. The first-order chi connectivity index (χ1) is 19.9. The van der Waals surface area contributed by atoms with Crippen LogP contribution in [0.1, 0.15) is 24.5 Å². The lowest BCUT2D eigenvalue weighted by Gasteiger charge is -2.29. The monoisotopic (exact) mass is 603 g/mol. The summed E-state index contributed by atoms with van der Waals surface area (Å²) >= 11 is 0. The van der Waals surface area contributed by atoms with Gasteiger partial charge in [-0.15, -0.1) is 0 Å². The lowest BCUT2D eigenvalue weighted by molar-refractivity contribution is -0.139. The Kier molecular flexibility index (Phi) is 14.1. The third-order valence-corrected chi connectivity index (χ3v) is 7.46. The van der Waals surface area contributed by atoms with E-state index in [-0.39, 0.29) is 25.2 Å². The highest BCUT2D eigenvalue weighted by molar-refractivity contribution is 7.84. The van der Waals surface area contributed by atoms with Crippen molar-refractivity contribution in [1.82, 2.24) is 20.9 Å². The second-order valence-corrected chi connectivity index (χ2v) is 11.6. The molecule has 230 valence electrons. The van der Waals surface area contributed by atoms with E-state index in [2.05, 4.69) is 16.0 Å². The average molecular weight is 604 g/mol. The van der Waals surface area contributed by atoms with Crippen LogP contribution in [-0.2, 0) is 42.8 Å². The summed E-state index contributed by atoms with van der Waals surface area (Å²) < 4.78 is 11.5. The Balaban J connectivity index is 1.98. The van der Waals surface area contributed by atoms with E-state index in [0.717, 1.165) is 11.1 Å². The van der Waals surface area contributed by atoms with Crippen LogP contribution in [-0.4, -0.2) is 99.3 Å². The van der Waals surface area contributed by atoms with E-state index in [1.807, 2.05) is 30.3 Å². The number of carbonyl (C=O) groups is 4. The highest BCUT2D eigenvalue weighted by atomic mass is 32.2. The molecule has 7 N–H and O–H groups in total. The Morgan fingerprint density at radius 1 is 0.929 bits per heavy atom. The molecule has 0 radical (unpaired) electrons.